The highest BCUT2D eigenvalue weighted by Gasteiger charge is 2.50. The molecule has 1 aromatic carbocycles. The number of carbonyl (C=O) groups is 3. The molecule has 124 valence electrons. The second kappa shape index (κ2) is 5.77. The number of aromatic nitrogens is 1. The van der Waals surface area contributed by atoms with E-state index >= 15 is 0 Å². The maximum Gasteiger partial charge on any atom is 0.181 e. The van der Waals surface area contributed by atoms with Gasteiger partial charge in [0.25, 0.3) is 0 Å². The summed E-state index contributed by atoms with van der Waals surface area (Å²) in [6.45, 7) is 1.85. The molecule has 0 aliphatic heterocycles. The van der Waals surface area contributed by atoms with E-state index in [1.54, 1.807) is 29.2 Å². The third-order valence-electron chi connectivity index (χ3n) is 5.30. The van der Waals surface area contributed by atoms with E-state index in [1.165, 1.54) is 0 Å². The summed E-state index contributed by atoms with van der Waals surface area (Å²) in [7, 11) is 0. The molecule has 2 fully saturated rings. The molecule has 0 spiro atoms. The van der Waals surface area contributed by atoms with Crippen LogP contribution in [0.15, 0.2) is 16.5 Å². The van der Waals surface area contributed by atoms with E-state index in [4.69, 9.17) is 0 Å². The van der Waals surface area contributed by atoms with Gasteiger partial charge in [-0.15, -0.1) is 11.3 Å². The Balaban J connectivity index is 1.76. The molecule has 0 saturated heterocycles. The maximum atomic E-state index is 13.0. The van der Waals surface area contributed by atoms with Gasteiger partial charge in [-0.1, -0.05) is 11.8 Å². The second-order valence-electron chi connectivity index (χ2n) is 6.58. The van der Waals surface area contributed by atoms with Gasteiger partial charge in [0.05, 0.1) is 10.2 Å². The zero-order valence-corrected chi connectivity index (χ0v) is 15.1. The number of carbonyl (C=O) groups excluding carboxylic acids is 3. The largest absolute Gasteiger partial charge is 0.298 e. The summed E-state index contributed by atoms with van der Waals surface area (Å²) in [5.41, 5.74) is 2.04. The van der Waals surface area contributed by atoms with Crippen LogP contribution < -0.4 is 0 Å². The molecule has 1 aromatic heterocycles. The van der Waals surface area contributed by atoms with Gasteiger partial charge in [-0.2, -0.15) is 0 Å². The lowest BCUT2D eigenvalue weighted by Gasteiger charge is -2.24. The van der Waals surface area contributed by atoms with Crippen molar-refractivity contribution in [2.45, 2.75) is 30.5 Å². The predicted octanol–water partition coefficient (Wildman–Crippen LogP) is 3.69. The van der Waals surface area contributed by atoms with E-state index in [0.29, 0.717) is 12.0 Å². The molecule has 2 bridgehead atoms. The molecule has 4 rings (SSSR count). The Kier molecular flexibility index (Phi) is 3.84. The van der Waals surface area contributed by atoms with Crippen molar-refractivity contribution in [3.8, 4) is 0 Å². The number of nitrogens with zero attached hydrogens (tertiary/aromatic N) is 1. The number of thioether (sulfide) groups is 1. The first-order valence-electron chi connectivity index (χ1n) is 8.07. The molecule has 2 saturated carbocycles. The van der Waals surface area contributed by atoms with Crippen molar-refractivity contribution in [1.82, 2.24) is 4.98 Å². The third-order valence-corrected chi connectivity index (χ3v) is 7.31. The molecule has 2 atom stereocenters. The molecule has 24 heavy (non-hydrogen) atoms. The summed E-state index contributed by atoms with van der Waals surface area (Å²) in [5.74, 6) is -1.96. The molecular weight excluding hydrogens is 342 g/mol. The minimum absolute atomic E-state index is 0.104. The number of fused-ring (bicyclic) bond motifs is 3. The molecule has 1 heterocycles. The third kappa shape index (κ3) is 2.27. The molecule has 2 unspecified atom stereocenters. The first-order chi connectivity index (χ1) is 11.5. The smallest absolute Gasteiger partial charge is 0.181 e. The molecule has 2 aromatic rings. The van der Waals surface area contributed by atoms with Crippen molar-refractivity contribution in [1.29, 1.82) is 0 Å². The van der Waals surface area contributed by atoms with Gasteiger partial charge in [0.1, 0.15) is 5.92 Å². The van der Waals surface area contributed by atoms with E-state index < -0.39 is 5.92 Å². The molecule has 0 radical (unpaired) electrons. The molecule has 2 aliphatic carbocycles. The first-order valence-corrected chi connectivity index (χ1v) is 10.1. The standard InChI is InChI=1S/C18H17NO3S2/c1-8-11(5-6-12-14(8)19-18(23-2)24-12)17(22)13-15(20)9-3-4-10(7-9)16(13)21/h5-6,9-10,13H,3-4,7H2,1-2H3. The predicted molar refractivity (Wildman–Crippen MR) is 94.8 cm³/mol. The molecule has 0 N–H and O–H groups in total. The lowest BCUT2D eigenvalue weighted by atomic mass is 9.75. The van der Waals surface area contributed by atoms with Crippen LogP contribution in [0.1, 0.15) is 35.2 Å². The highest BCUT2D eigenvalue weighted by atomic mass is 32.2. The lowest BCUT2D eigenvalue weighted by Crippen LogP contribution is -2.41. The van der Waals surface area contributed by atoms with E-state index in [9.17, 15) is 14.4 Å². The molecule has 0 amide bonds. The Labute approximate surface area is 148 Å². The van der Waals surface area contributed by atoms with Gasteiger partial charge >= 0.3 is 0 Å². The number of rotatable bonds is 3. The van der Waals surface area contributed by atoms with Crippen LogP contribution in [-0.4, -0.2) is 28.6 Å². The summed E-state index contributed by atoms with van der Waals surface area (Å²) in [6, 6.07) is 3.62. The average molecular weight is 359 g/mol. The zero-order valence-electron chi connectivity index (χ0n) is 13.5. The summed E-state index contributed by atoms with van der Waals surface area (Å²) in [4.78, 5) is 42.7. The fraction of sp³-hybridized carbons (Fsp3) is 0.444. The summed E-state index contributed by atoms with van der Waals surface area (Å²) in [6.07, 6.45) is 4.11. The number of hydrogen-bond acceptors (Lipinski definition) is 6. The van der Waals surface area contributed by atoms with Crippen molar-refractivity contribution in [2.24, 2.45) is 17.8 Å². The minimum Gasteiger partial charge on any atom is -0.298 e. The number of aryl methyl sites for hydroxylation is 1. The Bertz CT molecular complexity index is 864. The van der Waals surface area contributed by atoms with Crippen molar-refractivity contribution in [3.05, 3.63) is 23.3 Å². The van der Waals surface area contributed by atoms with Crippen LogP contribution in [0.2, 0.25) is 0 Å². The fourth-order valence-corrected chi connectivity index (χ4v) is 5.52. The SMILES string of the molecule is CSc1nc2c(C)c(C(=O)C3C(=O)C4CCC(C4)C3=O)ccc2s1. The van der Waals surface area contributed by atoms with Gasteiger partial charge in [0, 0.05) is 17.4 Å². The van der Waals surface area contributed by atoms with Gasteiger partial charge < -0.3 is 0 Å². The normalized spacial score (nSPS) is 26.3. The van der Waals surface area contributed by atoms with Crippen molar-refractivity contribution >= 4 is 50.7 Å². The lowest BCUT2D eigenvalue weighted by molar-refractivity contribution is -0.137. The number of ketones is 3. The van der Waals surface area contributed by atoms with Crippen LogP contribution in [0.3, 0.4) is 0 Å². The Hall–Kier alpha value is -1.53. The molecule has 4 nitrogen and oxygen atoms in total. The average Bonchev–Trinajstić information content (AvgIpc) is 3.19. The van der Waals surface area contributed by atoms with Crippen molar-refractivity contribution in [2.75, 3.05) is 6.26 Å². The number of benzene rings is 1. The number of hydrogen-bond donors (Lipinski definition) is 0. The van der Waals surface area contributed by atoms with E-state index in [-0.39, 0.29) is 29.2 Å². The summed E-state index contributed by atoms with van der Waals surface area (Å²) >= 11 is 3.16. The van der Waals surface area contributed by atoms with Crippen LogP contribution in [0.25, 0.3) is 10.2 Å². The highest BCUT2D eigenvalue weighted by Crippen LogP contribution is 2.42. The van der Waals surface area contributed by atoms with Crippen LogP contribution in [0.4, 0.5) is 0 Å². The zero-order chi connectivity index (χ0) is 17.0. The van der Waals surface area contributed by atoms with E-state index in [0.717, 1.165) is 33.0 Å². The second-order valence-corrected chi connectivity index (χ2v) is 8.66. The van der Waals surface area contributed by atoms with Gasteiger partial charge in [-0.05, 0) is 50.1 Å². The highest BCUT2D eigenvalue weighted by molar-refractivity contribution is 8.00. The van der Waals surface area contributed by atoms with Gasteiger partial charge in [0.15, 0.2) is 21.7 Å². The van der Waals surface area contributed by atoms with Crippen molar-refractivity contribution < 1.29 is 14.4 Å². The summed E-state index contributed by atoms with van der Waals surface area (Å²) in [5, 5.41) is 0. The summed E-state index contributed by atoms with van der Waals surface area (Å²) < 4.78 is 1.97. The van der Waals surface area contributed by atoms with Crippen LogP contribution >= 0.6 is 23.1 Å². The van der Waals surface area contributed by atoms with E-state index in [1.807, 2.05) is 19.2 Å². The number of thiazole rings is 1. The van der Waals surface area contributed by atoms with Crippen LogP contribution in [0, 0.1) is 24.7 Å². The Morgan fingerprint density at radius 3 is 2.50 bits per heavy atom. The first kappa shape index (κ1) is 16.0. The van der Waals surface area contributed by atoms with Gasteiger partial charge in [-0.25, -0.2) is 4.98 Å². The number of Topliss-reactive ketones (excluding diaryl/α,β-unsaturated/α-hetero) is 3. The Morgan fingerprint density at radius 1 is 1.21 bits per heavy atom. The van der Waals surface area contributed by atoms with E-state index in [2.05, 4.69) is 4.98 Å². The topological polar surface area (TPSA) is 64.1 Å². The van der Waals surface area contributed by atoms with Crippen LogP contribution in [-0.2, 0) is 9.59 Å². The minimum atomic E-state index is -1.09. The monoisotopic (exact) mass is 359 g/mol. The molecular formula is C18H17NO3S2. The molecule has 6 heteroatoms. The quantitative estimate of drug-likeness (QED) is 0.475. The Morgan fingerprint density at radius 2 is 1.88 bits per heavy atom. The van der Waals surface area contributed by atoms with Crippen LogP contribution in [0.5, 0.6) is 0 Å². The molecule has 2 aliphatic rings. The van der Waals surface area contributed by atoms with Crippen molar-refractivity contribution in [3.63, 3.8) is 0 Å². The maximum absolute atomic E-state index is 13.0. The van der Waals surface area contributed by atoms with Gasteiger partial charge in [0.2, 0.25) is 0 Å². The fourth-order valence-electron chi connectivity index (χ4n) is 3.98. The van der Waals surface area contributed by atoms with Gasteiger partial charge in [-0.3, -0.25) is 14.4 Å².